The first-order valence-corrected chi connectivity index (χ1v) is 6.45. The van der Waals surface area contributed by atoms with Crippen LogP contribution >= 0.6 is 11.6 Å². The number of ether oxygens (including phenoxy) is 1. The van der Waals surface area contributed by atoms with Gasteiger partial charge in [0, 0.05) is 24.0 Å². The molecule has 0 bridgehead atoms. The van der Waals surface area contributed by atoms with Crippen molar-refractivity contribution >= 4 is 17.5 Å². The van der Waals surface area contributed by atoms with Crippen molar-refractivity contribution in [2.45, 2.75) is 6.42 Å². The summed E-state index contributed by atoms with van der Waals surface area (Å²) in [6.07, 6.45) is 5.06. The average Bonchev–Trinajstić information content (AvgIpc) is 2.49. The van der Waals surface area contributed by atoms with Gasteiger partial charge in [-0.05, 0) is 24.1 Å². The van der Waals surface area contributed by atoms with E-state index in [0.717, 1.165) is 5.56 Å². The maximum atomic E-state index is 11.8. The number of nitrogens with zero attached hydrogens (tertiary/aromatic N) is 2. The van der Waals surface area contributed by atoms with Crippen molar-refractivity contribution in [2.75, 3.05) is 13.7 Å². The second-order valence-corrected chi connectivity index (χ2v) is 4.46. The quantitative estimate of drug-likeness (QED) is 0.916. The van der Waals surface area contributed by atoms with E-state index in [-0.39, 0.29) is 5.91 Å². The molecule has 1 amide bonds. The van der Waals surface area contributed by atoms with Gasteiger partial charge in [-0.15, -0.1) is 0 Å². The van der Waals surface area contributed by atoms with E-state index in [1.807, 2.05) is 12.1 Å². The molecule has 1 N–H and O–H groups in total. The number of hydrogen-bond acceptors (Lipinski definition) is 4. The Hall–Kier alpha value is -2.14. The lowest BCUT2D eigenvalue weighted by atomic mass is 10.1. The molecule has 0 unspecified atom stereocenters. The smallest absolute Gasteiger partial charge is 0.271 e. The topological polar surface area (TPSA) is 64.1 Å². The predicted octanol–water partition coefficient (Wildman–Crippen LogP) is 2.11. The molecule has 6 heteroatoms. The molecule has 2 rings (SSSR count). The minimum Gasteiger partial charge on any atom is -0.497 e. The third-order valence-electron chi connectivity index (χ3n) is 2.74. The van der Waals surface area contributed by atoms with Gasteiger partial charge in [0.15, 0.2) is 0 Å². The van der Waals surface area contributed by atoms with Crippen LogP contribution in [0.1, 0.15) is 16.1 Å². The van der Waals surface area contributed by atoms with Gasteiger partial charge in [-0.3, -0.25) is 9.78 Å². The highest BCUT2D eigenvalue weighted by Gasteiger charge is 2.07. The second kappa shape index (κ2) is 6.86. The maximum Gasteiger partial charge on any atom is 0.271 e. The molecule has 5 nitrogen and oxygen atoms in total. The van der Waals surface area contributed by atoms with Gasteiger partial charge < -0.3 is 10.1 Å². The maximum absolute atomic E-state index is 11.8. The van der Waals surface area contributed by atoms with E-state index < -0.39 is 0 Å². The Kier molecular flexibility index (Phi) is 4.90. The molecule has 0 aliphatic heterocycles. The molecule has 0 aliphatic rings. The zero-order valence-electron chi connectivity index (χ0n) is 11.0. The Morgan fingerprint density at radius 2 is 2.25 bits per heavy atom. The van der Waals surface area contributed by atoms with Crippen LogP contribution in [0.2, 0.25) is 5.02 Å². The van der Waals surface area contributed by atoms with Crippen LogP contribution in [0.3, 0.4) is 0 Å². The molecule has 104 valence electrons. The van der Waals surface area contributed by atoms with E-state index in [9.17, 15) is 4.79 Å². The number of benzene rings is 1. The van der Waals surface area contributed by atoms with Crippen molar-refractivity contribution < 1.29 is 9.53 Å². The summed E-state index contributed by atoms with van der Waals surface area (Å²) in [7, 11) is 1.59. The number of nitrogens with one attached hydrogen (secondary N) is 1. The van der Waals surface area contributed by atoms with Gasteiger partial charge in [-0.2, -0.15) is 0 Å². The van der Waals surface area contributed by atoms with E-state index in [1.54, 1.807) is 13.2 Å². The van der Waals surface area contributed by atoms with Crippen LogP contribution in [0.15, 0.2) is 36.8 Å². The molecule has 0 aliphatic carbocycles. The summed E-state index contributed by atoms with van der Waals surface area (Å²) in [5, 5.41) is 3.40. The highest BCUT2D eigenvalue weighted by molar-refractivity contribution is 6.31. The van der Waals surface area contributed by atoms with Crippen LogP contribution in [-0.2, 0) is 6.42 Å². The third kappa shape index (κ3) is 3.68. The van der Waals surface area contributed by atoms with Gasteiger partial charge in [0.25, 0.3) is 5.91 Å². The monoisotopic (exact) mass is 291 g/mol. The number of carbonyl (C=O) groups excluding carboxylic acids is 1. The Balaban J connectivity index is 1.89. The molecule has 0 saturated carbocycles. The van der Waals surface area contributed by atoms with Crippen LogP contribution in [0.25, 0.3) is 0 Å². The van der Waals surface area contributed by atoms with Gasteiger partial charge in [0.2, 0.25) is 0 Å². The highest BCUT2D eigenvalue weighted by atomic mass is 35.5. The van der Waals surface area contributed by atoms with Gasteiger partial charge in [-0.1, -0.05) is 17.7 Å². The largest absolute Gasteiger partial charge is 0.497 e. The first-order chi connectivity index (χ1) is 9.70. The van der Waals surface area contributed by atoms with Crippen molar-refractivity contribution in [3.63, 3.8) is 0 Å². The minimum absolute atomic E-state index is 0.247. The fraction of sp³-hybridized carbons (Fsp3) is 0.214. The first kappa shape index (κ1) is 14.3. The summed E-state index contributed by atoms with van der Waals surface area (Å²) in [6, 6.07) is 5.47. The molecule has 0 radical (unpaired) electrons. The van der Waals surface area contributed by atoms with Gasteiger partial charge in [0.05, 0.1) is 13.3 Å². The highest BCUT2D eigenvalue weighted by Crippen LogP contribution is 2.22. The molecule has 1 aromatic heterocycles. The van der Waals surface area contributed by atoms with Crippen LogP contribution in [0.4, 0.5) is 0 Å². The standard InChI is InChI=1S/C14H14ClN3O2/c1-20-11-3-2-10(12(15)8-11)4-5-18-14(19)13-9-16-6-7-17-13/h2-3,6-9H,4-5H2,1H3,(H,18,19). The van der Waals surface area contributed by atoms with Gasteiger partial charge >= 0.3 is 0 Å². The fourth-order valence-corrected chi connectivity index (χ4v) is 1.94. The molecular weight excluding hydrogens is 278 g/mol. The SMILES string of the molecule is COc1ccc(CCNC(=O)c2cnccn2)c(Cl)c1. The number of carbonyl (C=O) groups is 1. The van der Waals surface area contributed by atoms with Gasteiger partial charge in [0.1, 0.15) is 11.4 Å². The summed E-state index contributed by atoms with van der Waals surface area (Å²) in [5.41, 5.74) is 1.25. The van der Waals surface area contributed by atoms with Crippen molar-refractivity contribution in [3.8, 4) is 5.75 Å². The molecule has 0 fully saturated rings. The molecule has 1 heterocycles. The Morgan fingerprint density at radius 3 is 2.90 bits per heavy atom. The number of amides is 1. The van der Waals surface area contributed by atoms with Crippen molar-refractivity contribution in [1.29, 1.82) is 0 Å². The van der Waals surface area contributed by atoms with Crippen LogP contribution in [0.5, 0.6) is 5.75 Å². The molecule has 20 heavy (non-hydrogen) atoms. The normalized spacial score (nSPS) is 10.1. The van der Waals surface area contributed by atoms with E-state index in [0.29, 0.717) is 29.4 Å². The lowest BCUT2D eigenvalue weighted by Crippen LogP contribution is -2.26. The summed E-state index contributed by atoms with van der Waals surface area (Å²) >= 11 is 6.13. The van der Waals surface area contributed by atoms with E-state index >= 15 is 0 Å². The van der Waals surface area contributed by atoms with Crippen molar-refractivity contribution in [3.05, 3.63) is 53.1 Å². The lowest BCUT2D eigenvalue weighted by Gasteiger charge is -2.07. The molecule has 1 aromatic carbocycles. The molecule has 0 saturated heterocycles. The Morgan fingerprint density at radius 1 is 1.40 bits per heavy atom. The molecule has 2 aromatic rings. The zero-order valence-corrected chi connectivity index (χ0v) is 11.7. The number of aromatic nitrogens is 2. The minimum atomic E-state index is -0.247. The number of methoxy groups -OCH3 is 1. The first-order valence-electron chi connectivity index (χ1n) is 6.07. The van der Waals surface area contributed by atoms with Crippen molar-refractivity contribution in [2.24, 2.45) is 0 Å². The van der Waals surface area contributed by atoms with Crippen LogP contribution in [-0.4, -0.2) is 29.5 Å². The predicted molar refractivity (Wildman–Crippen MR) is 76.1 cm³/mol. The molecule has 0 spiro atoms. The molecule has 0 atom stereocenters. The van der Waals surface area contributed by atoms with E-state index in [2.05, 4.69) is 15.3 Å². The average molecular weight is 292 g/mol. The fourth-order valence-electron chi connectivity index (χ4n) is 1.68. The Labute approximate surface area is 122 Å². The third-order valence-corrected chi connectivity index (χ3v) is 3.09. The summed E-state index contributed by atoms with van der Waals surface area (Å²) in [6.45, 7) is 0.474. The second-order valence-electron chi connectivity index (χ2n) is 4.05. The van der Waals surface area contributed by atoms with E-state index in [1.165, 1.54) is 18.6 Å². The Bertz CT molecular complexity index is 590. The van der Waals surface area contributed by atoms with Crippen LogP contribution < -0.4 is 10.1 Å². The van der Waals surface area contributed by atoms with E-state index in [4.69, 9.17) is 16.3 Å². The number of hydrogen-bond donors (Lipinski definition) is 1. The summed E-state index contributed by atoms with van der Waals surface area (Å²) in [4.78, 5) is 19.5. The number of rotatable bonds is 5. The summed E-state index contributed by atoms with van der Waals surface area (Å²) < 4.78 is 5.08. The van der Waals surface area contributed by atoms with Gasteiger partial charge in [-0.25, -0.2) is 4.98 Å². The summed E-state index contributed by atoms with van der Waals surface area (Å²) in [5.74, 6) is 0.463. The van der Waals surface area contributed by atoms with Crippen molar-refractivity contribution in [1.82, 2.24) is 15.3 Å². The molecular formula is C14H14ClN3O2. The number of halogens is 1. The van der Waals surface area contributed by atoms with Crippen LogP contribution in [0, 0.1) is 0 Å². The lowest BCUT2D eigenvalue weighted by molar-refractivity contribution is 0.0948. The zero-order chi connectivity index (χ0) is 14.4.